The van der Waals surface area contributed by atoms with Gasteiger partial charge < -0.3 is 42.1 Å². The number of aliphatic hydroxyl groups is 2. The second-order valence-electron chi connectivity index (χ2n) is 8.49. The quantitative estimate of drug-likeness (QED) is 0.169. The van der Waals surface area contributed by atoms with E-state index in [0.717, 1.165) is 0 Å². The molecular formula is C22H34N4O8. The van der Waals surface area contributed by atoms with Crippen LogP contribution in [0.4, 0.5) is 0 Å². The number of rotatable bonds is 12. The van der Waals surface area contributed by atoms with Gasteiger partial charge in [-0.15, -0.1) is 0 Å². The lowest BCUT2D eigenvalue weighted by Crippen LogP contribution is -2.60. The molecule has 0 spiro atoms. The molecule has 1 aromatic rings. The van der Waals surface area contributed by atoms with E-state index in [-0.39, 0.29) is 12.2 Å². The molecule has 9 N–H and O–H groups in total. The van der Waals surface area contributed by atoms with Crippen LogP contribution < -0.4 is 21.7 Å². The average Bonchev–Trinajstić information content (AvgIpc) is 2.74. The first-order valence-corrected chi connectivity index (χ1v) is 10.8. The third-order valence-corrected chi connectivity index (χ3v) is 5.12. The molecule has 190 valence electrons. The molecule has 0 aromatic heterocycles. The Kier molecular flexibility index (Phi) is 10.9. The van der Waals surface area contributed by atoms with Crippen LogP contribution in [0, 0.1) is 5.92 Å². The van der Waals surface area contributed by atoms with Gasteiger partial charge >= 0.3 is 5.97 Å². The fraction of sp³-hybridized carbons (Fsp3) is 0.545. The van der Waals surface area contributed by atoms with E-state index in [0.29, 0.717) is 5.56 Å². The van der Waals surface area contributed by atoms with E-state index < -0.39 is 66.0 Å². The van der Waals surface area contributed by atoms with Gasteiger partial charge in [0, 0.05) is 6.42 Å². The molecule has 1 aromatic carbocycles. The molecule has 0 saturated carbocycles. The minimum atomic E-state index is -1.61. The second-order valence-corrected chi connectivity index (χ2v) is 8.49. The molecule has 1 rings (SSSR count). The lowest BCUT2D eigenvalue weighted by atomic mass is 10.00. The van der Waals surface area contributed by atoms with Crippen molar-refractivity contribution in [2.75, 3.05) is 0 Å². The number of phenolic OH excluding ortho intramolecular Hbond substituents is 1. The summed E-state index contributed by atoms with van der Waals surface area (Å²) in [5.74, 6) is -4.26. The van der Waals surface area contributed by atoms with Gasteiger partial charge in [0.15, 0.2) is 6.04 Å². The number of phenols is 1. The zero-order valence-electron chi connectivity index (χ0n) is 19.6. The number of amides is 3. The van der Waals surface area contributed by atoms with Gasteiger partial charge in [0.1, 0.15) is 23.9 Å². The highest BCUT2D eigenvalue weighted by Gasteiger charge is 2.33. The highest BCUT2D eigenvalue weighted by Crippen LogP contribution is 2.12. The van der Waals surface area contributed by atoms with Crippen LogP contribution in [-0.2, 0) is 25.6 Å². The van der Waals surface area contributed by atoms with E-state index >= 15 is 0 Å². The standard InChI is InChI=1S/C22H34N4O8/c1-10(2)17(25-20(31)16(23)11(3)27)21(32)24-15(9-13-5-7-14(29)8-6-13)19(30)26-18(12(4)28)22(33)34/h5-8,10-12,15-18,27-29H,9,23H2,1-4H3,(H,24,32)(H,25,31)(H,26,30)(H,33,34). The summed E-state index contributed by atoms with van der Waals surface area (Å²) in [6.45, 7) is 5.83. The molecule has 0 bridgehead atoms. The molecule has 0 fully saturated rings. The van der Waals surface area contributed by atoms with Crippen LogP contribution in [0.2, 0.25) is 0 Å². The van der Waals surface area contributed by atoms with Crippen molar-refractivity contribution in [2.45, 2.75) is 70.5 Å². The van der Waals surface area contributed by atoms with E-state index in [9.17, 15) is 39.6 Å². The molecule has 6 unspecified atom stereocenters. The number of nitrogens with one attached hydrogen (secondary N) is 3. The van der Waals surface area contributed by atoms with Crippen molar-refractivity contribution in [1.82, 2.24) is 16.0 Å². The molecule has 0 radical (unpaired) electrons. The second kappa shape index (κ2) is 12.9. The van der Waals surface area contributed by atoms with Gasteiger partial charge in [0.2, 0.25) is 17.7 Å². The van der Waals surface area contributed by atoms with E-state index in [1.807, 2.05) is 0 Å². The molecular weight excluding hydrogens is 448 g/mol. The smallest absolute Gasteiger partial charge is 0.328 e. The molecule has 0 aliphatic rings. The van der Waals surface area contributed by atoms with Crippen molar-refractivity contribution in [3.8, 4) is 5.75 Å². The van der Waals surface area contributed by atoms with Gasteiger partial charge in [0.05, 0.1) is 12.2 Å². The number of aliphatic hydroxyl groups excluding tert-OH is 2. The SMILES string of the molecule is CC(C)C(NC(=O)C(N)C(C)O)C(=O)NC(Cc1ccc(O)cc1)C(=O)NC(C(=O)O)C(C)O. The van der Waals surface area contributed by atoms with Gasteiger partial charge in [-0.2, -0.15) is 0 Å². The van der Waals surface area contributed by atoms with Crippen LogP contribution in [0.1, 0.15) is 33.3 Å². The number of hydrogen-bond acceptors (Lipinski definition) is 8. The minimum absolute atomic E-state index is 0.00846. The average molecular weight is 483 g/mol. The van der Waals surface area contributed by atoms with Gasteiger partial charge in [-0.25, -0.2) is 4.79 Å². The molecule has 34 heavy (non-hydrogen) atoms. The van der Waals surface area contributed by atoms with Crippen LogP contribution in [-0.4, -0.2) is 80.5 Å². The molecule has 12 nitrogen and oxygen atoms in total. The first kappa shape index (κ1) is 28.8. The van der Waals surface area contributed by atoms with Crippen molar-refractivity contribution in [3.05, 3.63) is 29.8 Å². The van der Waals surface area contributed by atoms with Gasteiger partial charge in [0.25, 0.3) is 0 Å². The minimum Gasteiger partial charge on any atom is -0.508 e. The number of carbonyl (C=O) groups excluding carboxylic acids is 3. The predicted molar refractivity (Wildman–Crippen MR) is 121 cm³/mol. The van der Waals surface area contributed by atoms with E-state index in [1.165, 1.54) is 38.1 Å². The maximum atomic E-state index is 13.0. The first-order valence-electron chi connectivity index (χ1n) is 10.8. The van der Waals surface area contributed by atoms with E-state index in [1.54, 1.807) is 13.8 Å². The highest BCUT2D eigenvalue weighted by molar-refractivity contribution is 5.94. The number of aromatic hydroxyl groups is 1. The molecule has 0 aliphatic heterocycles. The normalized spacial score (nSPS) is 16.5. The fourth-order valence-corrected chi connectivity index (χ4v) is 2.98. The Morgan fingerprint density at radius 3 is 1.79 bits per heavy atom. The summed E-state index contributed by atoms with van der Waals surface area (Å²) in [5.41, 5.74) is 6.17. The Bertz CT molecular complexity index is 857. The predicted octanol–water partition coefficient (Wildman–Crippen LogP) is -1.78. The van der Waals surface area contributed by atoms with E-state index in [2.05, 4.69) is 16.0 Å². The van der Waals surface area contributed by atoms with Crippen LogP contribution in [0.3, 0.4) is 0 Å². The van der Waals surface area contributed by atoms with Crippen molar-refractivity contribution in [1.29, 1.82) is 0 Å². The van der Waals surface area contributed by atoms with Gasteiger partial charge in [-0.3, -0.25) is 14.4 Å². The Labute approximate surface area is 197 Å². The molecule has 12 heteroatoms. The summed E-state index contributed by atoms with van der Waals surface area (Å²) >= 11 is 0. The van der Waals surface area contributed by atoms with Crippen molar-refractivity contribution in [3.63, 3.8) is 0 Å². The third kappa shape index (κ3) is 8.61. The molecule has 0 aliphatic carbocycles. The first-order chi connectivity index (χ1) is 15.7. The number of carboxylic acids is 1. The summed E-state index contributed by atoms with van der Waals surface area (Å²) in [6.07, 6.45) is -2.64. The Morgan fingerprint density at radius 1 is 0.824 bits per heavy atom. The van der Waals surface area contributed by atoms with Gasteiger partial charge in [-0.05, 0) is 37.5 Å². The number of carboxylic acid groups (broad SMARTS) is 1. The van der Waals surface area contributed by atoms with Crippen molar-refractivity contribution in [2.24, 2.45) is 11.7 Å². The van der Waals surface area contributed by atoms with Gasteiger partial charge in [-0.1, -0.05) is 26.0 Å². The summed E-state index contributed by atoms with van der Waals surface area (Å²) < 4.78 is 0. The number of nitrogens with two attached hydrogens (primary N) is 1. The Balaban J connectivity index is 3.14. The van der Waals surface area contributed by atoms with E-state index in [4.69, 9.17) is 5.73 Å². The summed E-state index contributed by atoms with van der Waals surface area (Å²) in [6, 6.07) is 0.542. The van der Waals surface area contributed by atoms with Crippen molar-refractivity contribution >= 4 is 23.7 Å². The Hall–Kier alpha value is -3.22. The largest absolute Gasteiger partial charge is 0.508 e. The van der Waals surface area contributed by atoms with Crippen LogP contribution in [0.25, 0.3) is 0 Å². The molecule has 6 atom stereocenters. The fourth-order valence-electron chi connectivity index (χ4n) is 2.98. The number of benzene rings is 1. The molecule has 0 heterocycles. The lowest BCUT2D eigenvalue weighted by Gasteiger charge is -2.27. The summed E-state index contributed by atoms with van der Waals surface area (Å²) in [4.78, 5) is 49.6. The zero-order chi connectivity index (χ0) is 26.2. The Morgan fingerprint density at radius 2 is 1.35 bits per heavy atom. The summed E-state index contributed by atoms with van der Waals surface area (Å²) in [5, 5.41) is 45.1. The number of hydrogen-bond donors (Lipinski definition) is 8. The zero-order valence-corrected chi connectivity index (χ0v) is 19.6. The monoisotopic (exact) mass is 482 g/mol. The number of carbonyl (C=O) groups is 4. The molecule has 3 amide bonds. The number of aliphatic carboxylic acids is 1. The highest BCUT2D eigenvalue weighted by atomic mass is 16.4. The van der Waals surface area contributed by atoms with Crippen molar-refractivity contribution < 1.29 is 39.6 Å². The van der Waals surface area contributed by atoms with Crippen LogP contribution >= 0.6 is 0 Å². The van der Waals surface area contributed by atoms with Crippen LogP contribution in [0.15, 0.2) is 24.3 Å². The molecule has 0 saturated heterocycles. The lowest BCUT2D eigenvalue weighted by molar-refractivity contribution is -0.145. The summed E-state index contributed by atoms with van der Waals surface area (Å²) in [7, 11) is 0. The third-order valence-electron chi connectivity index (χ3n) is 5.12. The topological polar surface area (TPSA) is 211 Å². The maximum absolute atomic E-state index is 13.0. The maximum Gasteiger partial charge on any atom is 0.328 e. The van der Waals surface area contributed by atoms with Crippen LogP contribution in [0.5, 0.6) is 5.75 Å².